The Morgan fingerprint density at radius 2 is 1.50 bits per heavy atom. The van der Waals surface area contributed by atoms with Gasteiger partial charge in [0.25, 0.3) is 0 Å². The van der Waals surface area contributed by atoms with E-state index >= 15 is 0 Å². The van der Waals surface area contributed by atoms with Gasteiger partial charge < -0.3 is 5.11 Å². The van der Waals surface area contributed by atoms with Crippen LogP contribution in [0.4, 0.5) is 20.3 Å². The van der Waals surface area contributed by atoms with Gasteiger partial charge in [-0.25, -0.2) is 13.8 Å². The molecule has 0 atom stereocenters. The molecule has 0 aliphatic heterocycles. The van der Waals surface area contributed by atoms with Crippen LogP contribution >= 0.6 is 0 Å². The zero-order chi connectivity index (χ0) is 18.1. The van der Waals surface area contributed by atoms with Crippen molar-refractivity contribution in [3.8, 4) is 17.0 Å². The van der Waals surface area contributed by atoms with Gasteiger partial charge in [0.05, 0.1) is 5.69 Å². The Hall–Kier alpha value is -3.61. The number of hydrogen-bond donors (Lipinski definition) is 1. The molecule has 0 saturated carbocycles. The van der Waals surface area contributed by atoms with Gasteiger partial charge in [0, 0.05) is 11.8 Å². The van der Waals surface area contributed by atoms with Crippen molar-refractivity contribution in [2.24, 2.45) is 10.2 Å². The Balaban J connectivity index is 1.88. The predicted molar refractivity (Wildman–Crippen MR) is 92.8 cm³/mol. The molecule has 7 heteroatoms. The first kappa shape index (κ1) is 15.9. The SMILES string of the molecule is Oc1cccn2c(N=Nc3ccc(F)cc3)c(-c3ccc(F)cc3)nc12. The van der Waals surface area contributed by atoms with Crippen LogP contribution in [0.2, 0.25) is 0 Å². The summed E-state index contributed by atoms with van der Waals surface area (Å²) >= 11 is 0. The quantitative estimate of drug-likeness (QED) is 0.503. The molecule has 0 spiro atoms. The third-order valence-electron chi connectivity index (χ3n) is 3.81. The molecule has 0 radical (unpaired) electrons. The van der Waals surface area contributed by atoms with Crippen LogP contribution in [0.25, 0.3) is 16.9 Å². The fourth-order valence-electron chi connectivity index (χ4n) is 2.55. The Bertz CT molecular complexity index is 1100. The summed E-state index contributed by atoms with van der Waals surface area (Å²) in [7, 11) is 0. The molecule has 5 nitrogen and oxygen atoms in total. The van der Waals surface area contributed by atoms with Crippen LogP contribution in [-0.2, 0) is 0 Å². The highest BCUT2D eigenvalue weighted by molar-refractivity contribution is 5.76. The maximum Gasteiger partial charge on any atom is 0.187 e. The third kappa shape index (κ3) is 2.90. The molecule has 2 aromatic heterocycles. The minimum Gasteiger partial charge on any atom is -0.504 e. The molecule has 0 amide bonds. The first-order chi connectivity index (χ1) is 12.6. The monoisotopic (exact) mass is 350 g/mol. The molecule has 128 valence electrons. The standard InChI is InChI=1S/C19H12F2N4O/c20-13-5-3-12(4-6-13)17-19(24-23-15-9-7-14(21)8-10-15)25-11-1-2-16(26)18(25)22-17/h1-11,26H. The molecule has 0 aliphatic carbocycles. The summed E-state index contributed by atoms with van der Waals surface area (Å²) in [6.07, 6.45) is 1.69. The fraction of sp³-hybridized carbons (Fsp3) is 0. The highest BCUT2D eigenvalue weighted by Gasteiger charge is 2.16. The fourth-order valence-corrected chi connectivity index (χ4v) is 2.55. The van der Waals surface area contributed by atoms with Crippen LogP contribution in [0, 0.1) is 11.6 Å². The van der Waals surface area contributed by atoms with E-state index in [1.807, 2.05) is 0 Å². The minimum atomic E-state index is -0.366. The maximum atomic E-state index is 13.2. The van der Waals surface area contributed by atoms with Crippen LogP contribution in [0.1, 0.15) is 0 Å². The van der Waals surface area contributed by atoms with Crippen LogP contribution < -0.4 is 0 Å². The molecule has 4 aromatic rings. The molecule has 0 aliphatic rings. The zero-order valence-corrected chi connectivity index (χ0v) is 13.3. The lowest BCUT2D eigenvalue weighted by molar-refractivity contribution is 0.477. The molecule has 4 rings (SSSR count). The molecule has 0 fully saturated rings. The molecule has 1 N–H and O–H groups in total. The lowest BCUT2D eigenvalue weighted by Crippen LogP contribution is -1.83. The Morgan fingerprint density at radius 3 is 2.19 bits per heavy atom. The number of fused-ring (bicyclic) bond motifs is 1. The van der Waals surface area contributed by atoms with Crippen molar-refractivity contribution in [1.82, 2.24) is 9.38 Å². The van der Waals surface area contributed by atoms with E-state index in [1.54, 1.807) is 28.8 Å². The number of aromatic nitrogens is 2. The largest absolute Gasteiger partial charge is 0.504 e. The topological polar surface area (TPSA) is 62.2 Å². The summed E-state index contributed by atoms with van der Waals surface area (Å²) in [6, 6.07) is 14.5. The number of pyridine rings is 1. The summed E-state index contributed by atoms with van der Waals surface area (Å²) in [6.45, 7) is 0. The number of azo groups is 1. The van der Waals surface area contributed by atoms with Gasteiger partial charge in [0.1, 0.15) is 17.3 Å². The highest BCUT2D eigenvalue weighted by Crippen LogP contribution is 2.34. The Morgan fingerprint density at radius 1 is 0.846 bits per heavy atom. The highest BCUT2D eigenvalue weighted by atomic mass is 19.1. The van der Waals surface area contributed by atoms with E-state index in [0.717, 1.165) is 0 Å². The molecule has 0 saturated heterocycles. The van der Waals surface area contributed by atoms with Gasteiger partial charge in [-0.2, -0.15) is 0 Å². The van der Waals surface area contributed by atoms with Gasteiger partial charge in [-0.15, -0.1) is 10.2 Å². The number of hydrogen-bond acceptors (Lipinski definition) is 4. The molecular formula is C19H12F2N4O. The van der Waals surface area contributed by atoms with Gasteiger partial charge >= 0.3 is 0 Å². The van der Waals surface area contributed by atoms with Crippen LogP contribution in [0.15, 0.2) is 77.1 Å². The van der Waals surface area contributed by atoms with E-state index in [9.17, 15) is 13.9 Å². The minimum absolute atomic E-state index is 0.0147. The Kier molecular flexibility index (Phi) is 3.89. The van der Waals surface area contributed by atoms with Crippen molar-refractivity contribution < 1.29 is 13.9 Å². The average Bonchev–Trinajstić information content (AvgIpc) is 3.02. The second-order valence-electron chi connectivity index (χ2n) is 5.55. The van der Waals surface area contributed by atoms with Crippen molar-refractivity contribution in [1.29, 1.82) is 0 Å². The molecule has 0 unspecified atom stereocenters. The Labute approximate surface area is 146 Å². The van der Waals surface area contributed by atoms with Gasteiger partial charge in [-0.3, -0.25) is 4.40 Å². The summed E-state index contributed by atoms with van der Waals surface area (Å²) in [5.74, 6) is -0.378. The molecule has 2 aromatic carbocycles. The number of benzene rings is 2. The first-order valence-electron chi connectivity index (χ1n) is 7.75. The van der Waals surface area contributed by atoms with Crippen molar-refractivity contribution in [2.75, 3.05) is 0 Å². The zero-order valence-electron chi connectivity index (χ0n) is 13.3. The number of nitrogens with zero attached hydrogens (tertiary/aromatic N) is 4. The van der Waals surface area contributed by atoms with Crippen molar-refractivity contribution in [3.63, 3.8) is 0 Å². The predicted octanol–water partition coefficient (Wildman–Crippen LogP) is 5.40. The molecule has 0 bridgehead atoms. The van der Waals surface area contributed by atoms with E-state index in [2.05, 4.69) is 15.2 Å². The average molecular weight is 350 g/mol. The second kappa shape index (κ2) is 6.36. The van der Waals surface area contributed by atoms with Gasteiger partial charge in [0.15, 0.2) is 17.2 Å². The van der Waals surface area contributed by atoms with Crippen molar-refractivity contribution in [2.45, 2.75) is 0 Å². The number of aromatic hydroxyl groups is 1. The molecule has 2 heterocycles. The van der Waals surface area contributed by atoms with E-state index in [0.29, 0.717) is 28.4 Å². The van der Waals surface area contributed by atoms with Crippen molar-refractivity contribution in [3.05, 3.63) is 78.5 Å². The smallest absolute Gasteiger partial charge is 0.187 e. The number of imidazole rings is 1. The number of rotatable bonds is 3. The summed E-state index contributed by atoms with van der Waals surface area (Å²) in [5, 5.41) is 18.4. The van der Waals surface area contributed by atoms with Crippen LogP contribution in [0.3, 0.4) is 0 Å². The lowest BCUT2D eigenvalue weighted by Gasteiger charge is -2.00. The van der Waals surface area contributed by atoms with Crippen LogP contribution in [-0.4, -0.2) is 14.5 Å². The molecule has 26 heavy (non-hydrogen) atoms. The van der Waals surface area contributed by atoms with Crippen LogP contribution in [0.5, 0.6) is 5.75 Å². The van der Waals surface area contributed by atoms with E-state index in [1.165, 1.54) is 42.5 Å². The van der Waals surface area contributed by atoms with E-state index in [-0.39, 0.29) is 17.4 Å². The third-order valence-corrected chi connectivity index (χ3v) is 3.81. The summed E-state index contributed by atoms with van der Waals surface area (Å²) in [5.41, 5.74) is 1.84. The van der Waals surface area contributed by atoms with Gasteiger partial charge in [-0.05, 0) is 60.7 Å². The van der Waals surface area contributed by atoms with Gasteiger partial charge in [0.2, 0.25) is 0 Å². The van der Waals surface area contributed by atoms with E-state index < -0.39 is 0 Å². The molecular weight excluding hydrogens is 338 g/mol. The first-order valence-corrected chi connectivity index (χ1v) is 7.75. The summed E-state index contributed by atoms with van der Waals surface area (Å²) < 4.78 is 27.8. The normalized spacial score (nSPS) is 11.5. The maximum absolute atomic E-state index is 13.2. The summed E-state index contributed by atoms with van der Waals surface area (Å²) in [4.78, 5) is 4.42. The van der Waals surface area contributed by atoms with E-state index in [4.69, 9.17) is 0 Å². The van der Waals surface area contributed by atoms with Crippen molar-refractivity contribution >= 4 is 17.2 Å². The second-order valence-corrected chi connectivity index (χ2v) is 5.55. The number of halogens is 2. The lowest BCUT2D eigenvalue weighted by atomic mass is 10.1. The van der Waals surface area contributed by atoms with Gasteiger partial charge in [-0.1, -0.05) is 0 Å².